The third kappa shape index (κ3) is 4.09. The van der Waals surface area contributed by atoms with Gasteiger partial charge in [-0.3, -0.25) is 9.59 Å². The second kappa shape index (κ2) is 7.43. The SMILES string of the molecule is C[C@H](C(=O)NC1CCCC([C@H](C)C(N)=O)C1)c1ccccc1. The number of carbonyl (C=O) groups is 2. The summed E-state index contributed by atoms with van der Waals surface area (Å²) in [5, 5.41) is 3.15. The molecule has 2 unspecified atom stereocenters. The highest BCUT2D eigenvalue weighted by molar-refractivity contribution is 5.83. The number of benzene rings is 1. The van der Waals surface area contributed by atoms with Crippen molar-refractivity contribution in [2.75, 3.05) is 0 Å². The molecule has 1 aromatic carbocycles. The molecule has 0 spiro atoms. The van der Waals surface area contributed by atoms with Crippen LogP contribution in [0.5, 0.6) is 0 Å². The van der Waals surface area contributed by atoms with Crippen LogP contribution in [-0.4, -0.2) is 17.9 Å². The zero-order chi connectivity index (χ0) is 16.1. The Labute approximate surface area is 132 Å². The first-order valence-corrected chi connectivity index (χ1v) is 8.13. The molecule has 1 fully saturated rings. The van der Waals surface area contributed by atoms with Gasteiger partial charge in [0.1, 0.15) is 0 Å². The molecule has 4 heteroatoms. The first kappa shape index (κ1) is 16.5. The summed E-state index contributed by atoms with van der Waals surface area (Å²) in [4.78, 5) is 23.8. The van der Waals surface area contributed by atoms with E-state index >= 15 is 0 Å². The lowest BCUT2D eigenvalue weighted by molar-refractivity contribution is -0.123. The maximum Gasteiger partial charge on any atom is 0.227 e. The van der Waals surface area contributed by atoms with Crippen molar-refractivity contribution in [2.24, 2.45) is 17.6 Å². The molecule has 2 amide bonds. The van der Waals surface area contributed by atoms with Gasteiger partial charge >= 0.3 is 0 Å². The number of amides is 2. The minimum absolute atomic E-state index is 0.0589. The maximum atomic E-state index is 12.4. The van der Waals surface area contributed by atoms with Gasteiger partial charge < -0.3 is 11.1 Å². The molecule has 0 saturated heterocycles. The van der Waals surface area contributed by atoms with Gasteiger partial charge in [0.05, 0.1) is 5.92 Å². The molecule has 3 N–H and O–H groups in total. The average Bonchev–Trinajstić information content (AvgIpc) is 2.54. The van der Waals surface area contributed by atoms with Gasteiger partial charge in [0.25, 0.3) is 0 Å². The molecule has 0 aromatic heterocycles. The third-order valence-corrected chi connectivity index (χ3v) is 4.91. The molecule has 0 bridgehead atoms. The summed E-state index contributed by atoms with van der Waals surface area (Å²) in [7, 11) is 0. The van der Waals surface area contributed by atoms with E-state index in [0.29, 0.717) is 0 Å². The van der Waals surface area contributed by atoms with Crippen molar-refractivity contribution >= 4 is 11.8 Å². The van der Waals surface area contributed by atoms with Crippen molar-refractivity contribution in [1.29, 1.82) is 0 Å². The monoisotopic (exact) mass is 302 g/mol. The van der Waals surface area contributed by atoms with Crippen LogP contribution in [0.3, 0.4) is 0 Å². The average molecular weight is 302 g/mol. The van der Waals surface area contributed by atoms with Gasteiger partial charge in [-0.05, 0) is 37.7 Å². The molecular formula is C18H26N2O2. The number of hydrogen-bond acceptors (Lipinski definition) is 2. The number of nitrogens with two attached hydrogens (primary N) is 1. The second-order valence-corrected chi connectivity index (χ2v) is 6.46. The predicted octanol–water partition coefficient (Wildman–Crippen LogP) is 2.59. The lowest BCUT2D eigenvalue weighted by Gasteiger charge is -2.32. The quantitative estimate of drug-likeness (QED) is 0.877. The van der Waals surface area contributed by atoms with E-state index in [1.165, 1.54) is 0 Å². The van der Waals surface area contributed by atoms with E-state index in [2.05, 4.69) is 5.32 Å². The summed E-state index contributed by atoms with van der Waals surface area (Å²) in [6, 6.07) is 9.95. The Morgan fingerprint density at radius 3 is 2.50 bits per heavy atom. The molecule has 0 heterocycles. The van der Waals surface area contributed by atoms with Crippen molar-refractivity contribution in [3.05, 3.63) is 35.9 Å². The Morgan fingerprint density at radius 1 is 1.18 bits per heavy atom. The van der Waals surface area contributed by atoms with Crippen LogP contribution in [0.25, 0.3) is 0 Å². The number of primary amides is 1. The van der Waals surface area contributed by atoms with Crippen LogP contribution in [-0.2, 0) is 9.59 Å². The molecule has 4 atom stereocenters. The van der Waals surface area contributed by atoms with E-state index in [0.717, 1.165) is 31.2 Å². The minimum atomic E-state index is -0.241. The van der Waals surface area contributed by atoms with E-state index in [1.807, 2.05) is 44.2 Å². The van der Waals surface area contributed by atoms with Crippen LogP contribution >= 0.6 is 0 Å². The molecule has 22 heavy (non-hydrogen) atoms. The lowest BCUT2D eigenvalue weighted by atomic mass is 9.78. The number of hydrogen-bond donors (Lipinski definition) is 2. The summed E-state index contributed by atoms with van der Waals surface area (Å²) in [6.45, 7) is 3.82. The van der Waals surface area contributed by atoms with Crippen LogP contribution in [0, 0.1) is 11.8 Å². The van der Waals surface area contributed by atoms with Crippen LogP contribution in [0.15, 0.2) is 30.3 Å². The smallest absolute Gasteiger partial charge is 0.227 e. The van der Waals surface area contributed by atoms with E-state index in [-0.39, 0.29) is 35.6 Å². The second-order valence-electron chi connectivity index (χ2n) is 6.46. The van der Waals surface area contributed by atoms with Gasteiger partial charge in [-0.15, -0.1) is 0 Å². The zero-order valence-corrected chi connectivity index (χ0v) is 13.4. The third-order valence-electron chi connectivity index (χ3n) is 4.91. The van der Waals surface area contributed by atoms with Gasteiger partial charge in [0.2, 0.25) is 11.8 Å². The normalized spacial score (nSPS) is 24.3. The molecule has 1 aliphatic carbocycles. The molecule has 1 aliphatic rings. The Hall–Kier alpha value is -1.84. The minimum Gasteiger partial charge on any atom is -0.369 e. The standard InChI is InChI=1S/C18H26N2O2/c1-12(17(19)21)15-9-6-10-16(11-15)20-18(22)13(2)14-7-4-3-5-8-14/h3-5,7-8,12-13,15-16H,6,9-11H2,1-2H3,(H2,19,21)(H,20,22)/t12-,13-,15?,16?/m0/s1. The summed E-state index contributed by atoms with van der Waals surface area (Å²) < 4.78 is 0. The Kier molecular flexibility index (Phi) is 5.58. The van der Waals surface area contributed by atoms with Gasteiger partial charge in [0.15, 0.2) is 0 Å². The number of carbonyl (C=O) groups excluding carboxylic acids is 2. The molecule has 4 nitrogen and oxygen atoms in total. The van der Waals surface area contributed by atoms with E-state index < -0.39 is 0 Å². The first-order chi connectivity index (χ1) is 10.5. The van der Waals surface area contributed by atoms with Gasteiger partial charge in [-0.2, -0.15) is 0 Å². The van der Waals surface area contributed by atoms with Crippen molar-refractivity contribution in [3.63, 3.8) is 0 Å². The van der Waals surface area contributed by atoms with Gasteiger partial charge in [0, 0.05) is 12.0 Å². The molecule has 1 aromatic rings. The molecular weight excluding hydrogens is 276 g/mol. The van der Waals surface area contributed by atoms with E-state index in [9.17, 15) is 9.59 Å². The summed E-state index contributed by atoms with van der Waals surface area (Å²) in [5.41, 5.74) is 6.44. The Balaban J connectivity index is 1.92. The molecule has 1 saturated carbocycles. The molecule has 120 valence electrons. The number of rotatable bonds is 5. The van der Waals surface area contributed by atoms with Crippen molar-refractivity contribution < 1.29 is 9.59 Å². The largest absolute Gasteiger partial charge is 0.369 e. The maximum absolute atomic E-state index is 12.4. The summed E-state index contributed by atoms with van der Waals surface area (Å²) in [6.07, 6.45) is 3.88. The summed E-state index contributed by atoms with van der Waals surface area (Å²) in [5.74, 6) is -0.178. The lowest BCUT2D eigenvalue weighted by Crippen LogP contribution is -2.42. The van der Waals surface area contributed by atoms with E-state index in [1.54, 1.807) is 0 Å². The molecule has 0 aliphatic heterocycles. The highest BCUT2D eigenvalue weighted by atomic mass is 16.2. The fraction of sp³-hybridized carbons (Fsp3) is 0.556. The number of nitrogens with one attached hydrogen (secondary N) is 1. The van der Waals surface area contributed by atoms with Crippen LogP contribution in [0.1, 0.15) is 51.0 Å². The molecule has 0 radical (unpaired) electrons. The van der Waals surface area contributed by atoms with Gasteiger partial charge in [-0.25, -0.2) is 0 Å². The van der Waals surface area contributed by atoms with Crippen LogP contribution < -0.4 is 11.1 Å². The predicted molar refractivity (Wildman–Crippen MR) is 87.1 cm³/mol. The van der Waals surface area contributed by atoms with E-state index in [4.69, 9.17) is 5.73 Å². The molecule has 2 rings (SSSR count). The Bertz CT molecular complexity index is 515. The van der Waals surface area contributed by atoms with Crippen LogP contribution in [0.4, 0.5) is 0 Å². The van der Waals surface area contributed by atoms with Crippen molar-refractivity contribution in [3.8, 4) is 0 Å². The highest BCUT2D eigenvalue weighted by Crippen LogP contribution is 2.30. The van der Waals surface area contributed by atoms with Gasteiger partial charge in [-0.1, -0.05) is 43.7 Å². The fourth-order valence-electron chi connectivity index (χ4n) is 3.26. The zero-order valence-electron chi connectivity index (χ0n) is 13.4. The highest BCUT2D eigenvalue weighted by Gasteiger charge is 2.30. The van der Waals surface area contributed by atoms with Crippen LogP contribution in [0.2, 0.25) is 0 Å². The Morgan fingerprint density at radius 2 is 1.86 bits per heavy atom. The van der Waals surface area contributed by atoms with Crippen molar-refractivity contribution in [1.82, 2.24) is 5.32 Å². The summed E-state index contributed by atoms with van der Waals surface area (Å²) >= 11 is 0. The first-order valence-electron chi connectivity index (χ1n) is 8.13. The fourth-order valence-corrected chi connectivity index (χ4v) is 3.26. The topological polar surface area (TPSA) is 72.2 Å². The van der Waals surface area contributed by atoms with Crippen molar-refractivity contribution in [2.45, 2.75) is 51.5 Å².